The molecule has 3 N–H and O–H groups in total. The Morgan fingerprint density at radius 1 is 0.878 bits per heavy atom. The number of carboxylic acid groups (broad SMARTS) is 1. The third-order valence-electron chi connectivity index (χ3n) is 7.18. The highest BCUT2D eigenvalue weighted by Crippen LogP contribution is 2.44. The van der Waals surface area contributed by atoms with E-state index in [1.807, 2.05) is 78.9 Å². The van der Waals surface area contributed by atoms with Crippen molar-refractivity contribution in [3.05, 3.63) is 95.6 Å². The molecule has 0 fully saturated rings. The standard InChI is InChI=1S/C32H36N2O7/c1-21(40-19-22-11-4-3-5-12-22)29(31(36)37)34-30(35)28(17-10-18-39-2)33-32(38)41-20-27-25-15-8-6-13-23(25)24-14-7-9-16-26(24)27/h3-9,11-16,21,27-29H,10,17-20H2,1-2H3,(H,33,38)(H,34,35)(H,36,37)/t21-,28?,29+/m0/s1. The number of carboxylic acids is 1. The molecule has 0 saturated heterocycles. The molecule has 3 aromatic carbocycles. The second kappa shape index (κ2) is 14.4. The van der Waals surface area contributed by atoms with Gasteiger partial charge < -0.3 is 30.0 Å². The number of methoxy groups -OCH3 is 1. The number of nitrogens with one attached hydrogen (secondary N) is 2. The van der Waals surface area contributed by atoms with E-state index in [9.17, 15) is 19.5 Å². The fourth-order valence-corrected chi connectivity index (χ4v) is 5.01. The van der Waals surface area contributed by atoms with Crippen molar-refractivity contribution in [2.45, 2.75) is 50.5 Å². The molecule has 0 bridgehead atoms. The van der Waals surface area contributed by atoms with Gasteiger partial charge in [-0.1, -0.05) is 78.9 Å². The summed E-state index contributed by atoms with van der Waals surface area (Å²) < 4.78 is 16.4. The fraction of sp³-hybridized carbons (Fsp3) is 0.344. The molecule has 0 aromatic heterocycles. The summed E-state index contributed by atoms with van der Waals surface area (Å²) in [5.41, 5.74) is 5.24. The van der Waals surface area contributed by atoms with Crippen LogP contribution >= 0.6 is 0 Å². The van der Waals surface area contributed by atoms with Crippen LogP contribution < -0.4 is 10.6 Å². The second-order valence-corrected chi connectivity index (χ2v) is 9.98. The molecule has 4 rings (SSSR count). The maximum Gasteiger partial charge on any atom is 0.407 e. The molecular weight excluding hydrogens is 524 g/mol. The molecule has 41 heavy (non-hydrogen) atoms. The molecule has 0 aliphatic heterocycles. The van der Waals surface area contributed by atoms with Gasteiger partial charge in [-0.25, -0.2) is 9.59 Å². The molecule has 1 unspecified atom stereocenters. The van der Waals surface area contributed by atoms with Crippen LogP contribution in [0.3, 0.4) is 0 Å². The SMILES string of the molecule is COCCCC(NC(=O)OCC1c2ccccc2-c2ccccc21)C(=O)N[C@@H](C(=O)O)[C@H](C)OCc1ccccc1. The number of alkyl carbamates (subject to hydrolysis) is 1. The number of fused-ring (bicyclic) bond motifs is 3. The summed E-state index contributed by atoms with van der Waals surface area (Å²) >= 11 is 0. The average Bonchev–Trinajstić information content (AvgIpc) is 3.31. The highest BCUT2D eigenvalue weighted by atomic mass is 16.5. The number of amides is 2. The van der Waals surface area contributed by atoms with E-state index in [-0.39, 0.29) is 25.6 Å². The van der Waals surface area contributed by atoms with E-state index in [2.05, 4.69) is 10.6 Å². The Morgan fingerprint density at radius 2 is 1.49 bits per heavy atom. The number of aliphatic carboxylic acids is 1. The third kappa shape index (κ3) is 7.71. The highest BCUT2D eigenvalue weighted by Gasteiger charge is 2.32. The molecule has 9 nitrogen and oxygen atoms in total. The van der Waals surface area contributed by atoms with E-state index in [1.165, 1.54) is 0 Å². The predicted molar refractivity (Wildman–Crippen MR) is 153 cm³/mol. The monoisotopic (exact) mass is 560 g/mol. The van der Waals surface area contributed by atoms with E-state index in [1.54, 1.807) is 14.0 Å². The van der Waals surface area contributed by atoms with Crippen molar-refractivity contribution in [3.8, 4) is 11.1 Å². The van der Waals surface area contributed by atoms with Gasteiger partial charge in [0.1, 0.15) is 12.6 Å². The second-order valence-electron chi connectivity index (χ2n) is 9.98. The lowest BCUT2D eigenvalue weighted by Gasteiger charge is -2.25. The summed E-state index contributed by atoms with van der Waals surface area (Å²) in [5.74, 6) is -2.01. The number of carbonyl (C=O) groups is 3. The molecule has 3 aromatic rings. The molecule has 9 heteroatoms. The minimum atomic E-state index is -1.32. The average molecular weight is 561 g/mol. The normalized spacial score (nSPS) is 14.3. The largest absolute Gasteiger partial charge is 0.480 e. The molecule has 1 aliphatic carbocycles. The van der Waals surface area contributed by atoms with Crippen LogP contribution in [0.2, 0.25) is 0 Å². The summed E-state index contributed by atoms with van der Waals surface area (Å²) in [5, 5.41) is 15.0. The van der Waals surface area contributed by atoms with Crippen molar-refractivity contribution in [3.63, 3.8) is 0 Å². The Labute approximate surface area is 239 Å². The van der Waals surface area contributed by atoms with Gasteiger partial charge in [-0.05, 0) is 47.6 Å². The van der Waals surface area contributed by atoms with Crippen LogP contribution in [0, 0.1) is 0 Å². The van der Waals surface area contributed by atoms with Gasteiger partial charge in [-0.3, -0.25) is 4.79 Å². The van der Waals surface area contributed by atoms with Gasteiger partial charge in [0.15, 0.2) is 6.04 Å². The van der Waals surface area contributed by atoms with E-state index in [0.717, 1.165) is 27.8 Å². The van der Waals surface area contributed by atoms with Crippen molar-refractivity contribution < 1.29 is 33.7 Å². The van der Waals surface area contributed by atoms with Crippen molar-refractivity contribution >= 4 is 18.0 Å². The van der Waals surface area contributed by atoms with Crippen molar-refractivity contribution in [2.75, 3.05) is 20.3 Å². The number of ether oxygens (including phenoxy) is 3. The predicted octanol–water partition coefficient (Wildman–Crippen LogP) is 4.50. The van der Waals surface area contributed by atoms with Gasteiger partial charge in [0.2, 0.25) is 5.91 Å². The van der Waals surface area contributed by atoms with Crippen LogP contribution in [0.1, 0.15) is 42.4 Å². The Bertz CT molecular complexity index is 1280. The zero-order chi connectivity index (χ0) is 29.2. The minimum Gasteiger partial charge on any atom is -0.480 e. The summed E-state index contributed by atoms with van der Waals surface area (Å²) in [4.78, 5) is 38.1. The first-order chi connectivity index (χ1) is 19.9. The summed E-state index contributed by atoms with van der Waals surface area (Å²) in [7, 11) is 1.54. The van der Waals surface area contributed by atoms with Gasteiger partial charge in [0.05, 0.1) is 12.7 Å². The lowest BCUT2D eigenvalue weighted by molar-refractivity contribution is -0.146. The first-order valence-corrected chi connectivity index (χ1v) is 13.7. The van der Waals surface area contributed by atoms with Crippen LogP contribution in [0.5, 0.6) is 0 Å². The molecule has 0 heterocycles. The van der Waals surface area contributed by atoms with Gasteiger partial charge in [-0.15, -0.1) is 0 Å². The number of hydrogen-bond donors (Lipinski definition) is 3. The van der Waals surface area contributed by atoms with Gasteiger partial charge in [0.25, 0.3) is 0 Å². The van der Waals surface area contributed by atoms with Gasteiger partial charge >= 0.3 is 12.1 Å². The van der Waals surface area contributed by atoms with Crippen molar-refractivity contribution in [1.82, 2.24) is 10.6 Å². The van der Waals surface area contributed by atoms with Crippen LogP contribution in [0.15, 0.2) is 78.9 Å². The quantitative estimate of drug-likeness (QED) is 0.248. The molecule has 2 amide bonds. The maximum atomic E-state index is 13.2. The summed E-state index contributed by atoms with van der Waals surface area (Å²) in [6.45, 7) is 2.24. The van der Waals surface area contributed by atoms with E-state index in [0.29, 0.717) is 13.0 Å². The summed E-state index contributed by atoms with van der Waals surface area (Å²) in [6, 6.07) is 23.0. The number of hydrogen-bond acceptors (Lipinski definition) is 6. The van der Waals surface area contributed by atoms with Crippen LogP contribution in [-0.2, 0) is 30.4 Å². The molecular formula is C32H36N2O7. The van der Waals surface area contributed by atoms with Gasteiger partial charge in [0, 0.05) is 19.6 Å². The Morgan fingerprint density at radius 3 is 2.10 bits per heavy atom. The fourth-order valence-electron chi connectivity index (χ4n) is 5.01. The van der Waals surface area contributed by atoms with E-state index in [4.69, 9.17) is 14.2 Å². The topological polar surface area (TPSA) is 123 Å². The lowest BCUT2D eigenvalue weighted by Crippen LogP contribution is -2.55. The molecule has 3 atom stereocenters. The number of benzene rings is 3. The Hall–Kier alpha value is -4.21. The van der Waals surface area contributed by atoms with Crippen LogP contribution in [0.4, 0.5) is 4.79 Å². The molecule has 0 radical (unpaired) electrons. The van der Waals surface area contributed by atoms with Crippen molar-refractivity contribution in [2.24, 2.45) is 0 Å². The lowest BCUT2D eigenvalue weighted by atomic mass is 9.98. The summed E-state index contributed by atoms with van der Waals surface area (Å²) in [6.07, 6.45) is -0.888. The smallest absolute Gasteiger partial charge is 0.407 e. The number of rotatable bonds is 14. The molecule has 0 saturated carbocycles. The molecule has 216 valence electrons. The van der Waals surface area contributed by atoms with E-state index >= 15 is 0 Å². The third-order valence-corrected chi connectivity index (χ3v) is 7.18. The van der Waals surface area contributed by atoms with Crippen LogP contribution in [-0.4, -0.2) is 61.6 Å². The zero-order valence-electron chi connectivity index (χ0n) is 23.2. The highest BCUT2D eigenvalue weighted by molar-refractivity contribution is 5.89. The van der Waals surface area contributed by atoms with E-state index < -0.39 is 36.2 Å². The minimum absolute atomic E-state index is 0.0916. The zero-order valence-corrected chi connectivity index (χ0v) is 23.2. The van der Waals surface area contributed by atoms with Gasteiger partial charge in [-0.2, -0.15) is 0 Å². The number of carbonyl (C=O) groups excluding carboxylic acids is 2. The Kier molecular flexibility index (Phi) is 10.5. The molecule has 1 aliphatic rings. The first-order valence-electron chi connectivity index (χ1n) is 13.7. The first kappa shape index (κ1) is 29.8. The van der Waals surface area contributed by atoms with Crippen LogP contribution in [0.25, 0.3) is 11.1 Å². The van der Waals surface area contributed by atoms with Crippen molar-refractivity contribution in [1.29, 1.82) is 0 Å². The Balaban J connectivity index is 1.38. The maximum absolute atomic E-state index is 13.2. The molecule has 0 spiro atoms.